The fourth-order valence-electron chi connectivity index (χ4n) is 6.93. The number of amides is 1. The molecule has 0 aliphatic carbocycles. The molecule has 1 aromatic carbocycles. The number of anilines is 2. The smallest absolute Gasteiger partial charge is 0.282 e. The first-order valence-corrected chi connectivity index (χ1v) is 16.3. The molecule has 1 amide bonds. The van der Waals surface area contributed by atoms with Gasteiger partial charge in [-0.1, -0.05) is 11.6 Å². The second-order valence-corrected chi connectivity index (χ2v) is 13.2. The van der Waals surface area contributed by atoms with Crippen molar-refractivity contribution in [2.75, 3.05) is 62.2 Å². The number of halogens is 2. The summed E-state index contributed by atoms with van der Waals surface area (Å²) in [6.45, 7) is 13.3. The molecule has 3 aliphatic heterocycles. The topological polar surface area (TPSA) is 104 Å². The van der Waals surface area contributed by atoms with Crippen LogP contribution in [0, 0.1) is 17.2 Å². The molecule has 0 radical (unpaired) electrons. The second-order valence-electron chi connectivity index (χ2n) is 12.8. The summed E-state index contributed by atoms with van der Waals surface area (Å²) in [6.07, 6.45) is 5.98. The highest BCUT2D eigenvalue weighted by Crippen LogP contribution is 2.44. The maximum absolute atomic E-state index is 14.2. The van der Waals surface area contributed by atoms with Crippen LogP contribution in [0.2, 0.25) is 5.15 Å². The van der Waals surface area contributed by atoms with Crippen molar-refractivity contribution < 1.29 is 13.9 Å². The van der Waals surface area contributed by atoms with E-state index in [9.17, 15) is 9.18 Å². The Kier molecular flexibility index (Phi) is 9.32. The van der Waals surface area contributed by atoms with Crippen molar-refractivity contribution in [1.82, 2.24) is 35.2 Å². The first-order chi connectivity index (χ1) is 21.7. The molecule has 1 spiro atoms. The molecule has 2 aromatic heterocycles. The third-order valence-corrected chi connectivity index (χ3v) is 9.72. The molecule has 3 saturated heterocycles. The zero-order chi connectivity index (χ0) is 31.6. The minimum atomic E-state index is -0.503. The molecule has 13 heteroatoms. The van der Waals surface area contributed by atoms with Gasteiger partial charge in [0.05, 0.1) is 5.56 Å². The summed E-state index contributed by atoms with van der Waals surface area (Å²) in [5, 5.41) is 16.8. The molecule has 0 atom stereocenters. The average molecular weight is 638 g/mol. The minimum Gasteiger partial charge on any atom is -0.434 e. The van der Waals surface area contributed by atoms with Crippen LogP contribution >= 0.6 is 11.6 Å². The van der Waals surface area contributed by atoms with Gasteiger partial charge in [0, 0.05) is 50.7 Å². The van der Waals surface area contributed by atoms with Gasteiger partial charge < -0.3 is 24.3 Å². The van der Waals surface area contributed by atoms with Gasteiger partial charge >= 0.3 is 0 Å². The van der Waals surface area contributed by atoms with E-state index in [0.717, 1.165) is 77.3 Å². The molecule has 0 bridgehead atoms. The number of aromatic nitrogens is 5. The van der Waals surface area contributed by atoms with Crippen LogP contribution < -0.4 is 14.5 Å². The lowest BCUT2D eigenvalue weighted by atomic mass is 9.72. The third-order valence-electron chi connectivity index (χ3n) is 9.52. The predicted octanol–water partition coefficient (Wildman–Crippen LogP) is 4.94. The highest BCUT2D eigenvalue weighted by Gasteiger charge is 2.46. The molecule has 3 aromatic rings. The lowest BCUT2D eigenvalue weighted by Crippen LogP contribution is -2.61. The number of nitrogens with zero attached hydrogens (tertiary/aromatic N) is 9. The van der Waals surface area contributed by atoms with Crippen LogP contribution in [-0.4, -0.2) is 99.5 Å². The molecule has 6 rings (SSSR count). The third kappa shape index (κ3) is 6.96. The Morgan fingerprint density at radius 1 is 1.07 bits per heavy atom. The molecule has 3 fully saturated rings. The van der Waals surface area contributed by atoms with Crippen molar-refractivity contribution in [3.8, 4) is 11.6 Å². The van der Waals surface area contributed by atoms with Crippen LogP contribution in [0.25, 0.3) is 0 Å². The summed E-state index contributed by atoms with van der Waals surface area (Å²) in [5.74, 6) is 1.84. The number of carbonyl (C=O) groups excluding carboxylic acids is 1. The van der Waals surface area contributed by atoms with E-state index in [0.29, 0.717) is 23.4 Å². The Morgan fingerprint density at radius 2 is 1.82 bits per heavy atom. The highest BCUT2D eigenvalue weighted by atomic mass is 35.5. The Labute approximate surface area is 268 Å². The number of ether oxygens (including phenoxy) is 1. The summed E-state index contributed by atoms with van der Waals surface area (Å²) in [5.41, 5.74) is 0.393. The molecule has 3 aliphatic rings. The molecule has 0 N–H and O–H groups in total. The van der Waals surface area contributed by atoms with E-state index < -0.39 is 5.82 Å². The van der Waals surface area contributed by atoms with Crippen molar-refractivity contribution in [3.05, 3.63) is 53.2 Å². The van der Waals surface area contributed by atoms with E-state index in [2.05, 4.69) is 40.1 Å². The Balaban J connectivity index is 1.03. The molecule has 11 nitrogen and oxygen atoms in total. The van der Waals surface area contributed by atoms with Gasteiger partial charge in [-0.2, -0.15) is 0 Å². The van der Waals surface area contributed by atoms with Crippen LogP contribution in [0.1, 0.15) is 56.8 Å². The Morgan fingerprint density at radius 3 is 2.49 bits per heavy atom. The van der Waals surface area contributed by atoms with E-state index in [4.69, 9.17) is 16.3 Å². The van der Waals surface area contributed by atoms with Crippen molar-refractivity contribution in [3.63, 3.8) is 0 Å². The highest BCUT2D eigenvalue weighted by molar-refractivity contribution is 6.29. The predicted molar refractivity (Wildman–Crippen MR) is 170 cm³/mol. The van der Waals surface area contributed by atoms with E-state index in [1.54, 1.807) is 11.0 Å². The van der Waals surface area contributed by atoms with Crippen LogP contribution in [0.3, 0.4) is 0 Å². The molecule has 5 heterocycles. The molecule has 0 unspecified atom stereocenters. The van der Waals surface area contributed by atoms with Crippen molar-refractivity contribution in [1.29, 1.82) is 0 Å². The number of likely N-dealkylation sites (tertiary alicyclic amines) is 1. The Hall–Kier alpha value is -3.64. The first-order valence-electron chi connectivity index (χ1n) is 15.9. The zero-order valence-electron chi connectivity index (χ0n) is 26.2. The van der Waals surface area contributed by atoms with E-state index in [1.807, 2.05) is 26.8 Å². The van der Waals surface area contributed by atoms with Crippen LogP contribution in [0.5, 0.6) is 11.6 Å². The number of hydrogen-bond acceptors (Lipinski definition) is 10. The summed E-state index contributed by atoms with van der Waals surface area (Å²) < 4.78 is 20.4. The second kappa shape index (κ2) is 13.4. The molecular formula is C32H41ClFN9O2. The average Bonchev–Trinajstić information content (AvgIpc) is 3.02. The lowest BCUT2D eigenvalue weighted by Gasteiger charge is -2.54. The molecule has 240 valence electrons. The van der Waals surface area contributed by atoms with E-state index >= 15 is 0 Å². The van der Waals surface area contributed by atoms with Gasteiger partial charge in [-0.25, -0.2) is 9.37 Å². The first kappa shape index (κ1) is 31.3. The SMILES string of the molecule is CCN(C(=O)c1cc(F)ccc1Oc1nncnc1N1CC2(CCN(CC3CCN(c4ccc(Cl)nn4)CC3)CC2)C1)C(C)C. The Bertz CT molecular complexity index is 1470. The lowest BCUT2D eigenvalue weighted by molar-refractivity contribution is 0.0640. The maximum atomic E-state index is 14.2. The van der Waals surface area contributed by atoms with E-state index in [1.165, 1.54) is 24.5 Å². The van der Waals surface area contributed by atoms with Crippen LogP contribution in [0.4, 0.5) is 16.0 Å². The number of hydrogen-bond donors (Lipinski definition) is 0. The molecular weight excluding hydrogens is 597 g/mol. The number of rotatable bonds is 9. The standard InChI is InChI=1S/C32H41ClFN9O2/c1-4-43(22(2)3)31(44)25-17-24(34)5-6-26(25)45-30-29(35-21-36-39-30)42-19-32(20-42)11-15-40(16-12-32)18-23-9-13-41(14-10-23)28-8-7-27(33)37-38-28/h5-8,17,21-23H,4,9-16,18-20H2,1-3H3. The van der Waals surface area contributed by atoms with Crippen LogP contribution in [-0.2, 0) is 0 Å². The van der Waals surface area contributed by atoms with Gasteiger partial charge in [-0.15, -0.1) is 20.4 Å². The minimum absolute atomic E-state index is 0.0421. The van der Waals surface area contributed by atoms with E-state index in [-0.39, 0.29) is 34.6 Å². The summed E-state index contributed by atoms with van der Waals surface area (Å²) >= 11 is 5.90. The van der Waals surface area contributed by atoms with Gasteiger partial charge in [0.15, 0.2) is 16.8 Å². The number of piperidine rings is 2. The van der Waals surface area contributed by atoms with Gasteiger partial charge in [0.2, 0.25) is 0 Å². The summed E-state index contributed by atoms with van der Waals surface area (Å²) in [4.78, 5) is 26.6. The number of carbonyl (C=O) groups is 1. The normalized spacial score (nSPS) is 18.7. The summed E-state index contributed by atoms with van der Waals surface area (Å²) in [7, 11) is 0. The quantitative estimate of drug-likeness (QED) is 0.321. The van der Waals surface area contributed by atoms with Gasteiger partial charge in [0.1, 0.15) is 17.9 Å². The molecule has 0 saturated carbocycles. The monoisotopic (exact) mass is 637 g/mol. The molecule has 45 heavy (non-hydrogen) atoms. The van der Waals surface area contributed by atoms with Crippen molar-refractivity contribution in [2.45, 2.75) is 52.5 Å². The fraction of sp³-hybridized carbons (Fsp3) is 0.562. The maximum Gasteiger partial charge on any atom is 0.282 e. The van der Waals surface area contributed by atoms with Crippen molar-refractivity contribution >= 4 is 29.1 Å². The zero-order valence-corrected chi connectivity index (χ0v) is 27.0. The van der Waals surface area contributed by atoms with Gasteiger partial charge in [-0.05, 0) is 95.8 Å². The number of benzene rings is 1. The summed E-state index contributed by atoms with van der Waals surface area (Å²) in [6, 6.07) is 7.68. The fourth-order valence-corrected chi connectivity index (χ4v) is 7.03. The van der Waals surface area contributed by atoms with Gasteiger partial charge in [0.25, 0.3) is 11.8 Å². The van der Waals surface area contributed by atoms with Crippen molar-refractivity contribution in [2.24, 2.45) is 11.3 Å². The van der Waals surface area contributed by atoms with Gasteiger partial charge in [-0.3, -0.25) is 4.79 Å². The van der Waals surface area contributed by atoms with Crippen LogP contribution in [0.15, 0.2) is 36.7 Å². The largest absolute Gasteiger partial charge is 0.434 e.